The van der Waals surface area contributed by atoms with Crippen molar-refractivity contribution >= 4 is 33.1 Å². The van der Waals surface area contributed by atoms with E-state index in [0.29, 0.717) is 10.8 Å². The second kappa shape index (κ2) is 5.70. The van der Waals surface area contributed by atoms with E-state index in [1.54, 1.807) is 18.3 Å². The third-order valence-electron chi connectivity index (χ3n) is 3.61. The van der Waals surface area contributed by atoms with Gasteiger partial charge in [0, 0.05) is 17.1 Å². The summed E-state index contributed by atoms with van der Waals surface area (Å²) in [6, 6.07) is 18.0. The van der Waals surface area contributed by atoms with E-state index in [1.807, 2.05) is 23.6 Å². The van der Waals surface area contributed by atoms with Gasteiger partial charge in [0.25, 0.3) is 5.91 Å². The zero-order valence-corrected chi connectivity index (χ0v) is 12.9. The molecular weight excluding hydrogens is 306 g/mol. The molecule has 0 saturated heterocycles. The molecular formula is C18H13N3OS. The van der Waals surface area contributed by atoms with Gasteiger partial charge < -0.3 is 4.98 Å². The fraction of sp³-hybridized carbons (Fsp3) is 0. The number of rotatable bonds is 3. The largest absolute Gasteiger partial charge is 0.357 e. The Kier molecular flexibility index (Phi) is 3.40. The number of benzene rings is 2. The van der Waals surface area contributed by atoms with Crippen LogP contribution in [0.5, 0.6) is 0 Å². The number of aromatic nitrogens is 2. The van der Waals surface area contributed by atoms with Crippen LogP contribution in [0.4, 0.5) is 5.13 Å². The fourth-order valence-electron chi connectivity index (χ4n) is 2.45. The molecule has 23 heavy (non-hydrogen) atoms. The number of amides is 1. The van der Waals surface area contributed by atoms with Crippen molar-refractivity contribution in [1.82, 2.24) is 9.97 Å². The first kappa shape index (κ1) is 13.7. The number of anilines is 1. The SMILES string of the molecule is O=C(Nc1nc(-c2ccc3ccccc3c2)cs1)c1ccc[nH]1. The van der Waals surface area contributed by atoms with Crippen LogP contribution in [0.3, 0.4) is 0 Å². The molecule has 0 atom stereocenters. The number of carbonyl (C=O) groups excluding carboxylic acids is 1. The molecule has 0 radical (unpaired) electrons. The molecule has 0 saturated carbocycles. The minimum absolute atomic E-state index is 0.186. The minimum Gasteiger partial charge on any atom is -0.357 e. The molecule has 0 fully saturated rings. The molecule has 2 aromatic heterocycles. The summed E-state index contributed by atoms with van der Waals surface area (Å²) in [6.45, 7) is 0. The molecule has 0 aliphatic carbocycles. The lowest BCUT2D eigenvalue weighted by Gasteiger charge is -2.01. The van der Waals surface area contributed by atoms with Crippen LogP contribution in [0, 0.1) is 0 Å². The highest BCUT2D eigenvalue weighted by atomic mass is 32.1. The van der Waals surface area contributed by atoms with Gasteiger partial charge in [-0.25, -0.2) is 4.98 Å². The molecule has 4 nitrogen and oxygen atoms in total. The number of hydrogen-bond donors (Lipinski definition) is 2. The van der Waals surface area contributed by atoms with Crippen LogP contribution >= 0.6 is 11.3 Å². The van der Waals surface area contributed by atoms with Gasteiger partial charge in [-0.15, -0.1) is 11.3 Å². The van der Waals surface area contributed by atoms with Gasteiger partial charge in [-0.2, -0.15) is 0 Å². The number of aromatic amines is 1. The Morgan fingerprint density at radius 1 is 1.04 bits per heavy atom. The quantitative estimate of drug-likeness (QED) is 0.582. The average Bonchev–Trinajstić information content (AvgIpc) is 3.26. The first-order valence-electron chi connectivity index (χ1n) is 7.19. The molecule has 0 aliphatic heterocycles. The van der Waals surface area contributed by atoms with E-state index in [1.165, 1.54) is 22.1 Å². The summed E-state index contributed by atoms with van der Waals surface area (Å²) in [6.07, 6.45) is 1.72. The molecule has 2 N–H and O–H groups in total. The number of hydrogen-bond acceptors (Lipinski definition) is 3. The second-order valence-corrected chi connectivity index (χ2v) is 6.00. The Morgan fingerprint density at radius 3 is 2.74 bits per heavy atom. The summed E-state index contributed by atoms with van der Waals surface area (Å²) >= 11 is 1.42. The molecule has 0 aliphatic rings. The topological polar surface area (TPSA) is 57.8 Å². The summed E-state index contributed by atoms with van der Waals surface area (Å²) in [5.41, 5.74) is 2.43. The Labute approximate surface area is 136 Å². The zero-order valence-electron chi connectivity index (χ0n) is 12.1. The zero-order chi connectivity index (χ0) is 15.6. The van der Waals surface area contributed by atoms with Gasteiger partial charge in [0.2, 0.25) is 0 Å². The predicted octanol–water partition coefficient (Wildman–Crippen LogP) is 4.54. The number of nitrogens with zero attached hydrogens (tertiary/aromatic N) is 1. The monoisotopic (exact) mass is 319 g/mol. The van der Waals surface area contributed by atoms with E-state index in [-0.39, 0.29) is 5.91 Å². The van der Waals surface area contributed by atoms with Gasteiger partial charge >= 0.3 is 0 Å². The lowest BCUT2D eigenvalue weighted by atomic mass is 10.1. The van der Waals surface area contributed by atoms with Crippen LogP contribution in [0.15, 0.2) is 66.2 Å². The van der Waals surface area contributed by atoms with Crippen molar-refractivity contribution in [2.45, 2.75) is 0 Å². The van der Waals surface area contributed by atoms with Crippen molar-refractivity contribution in [3.8, 4) is 11.3 Å². The molecule has 0 bridgehead atoms. The van der Waals surface area contributed by atoms with Crippen LogP contribution in [0.25, 0.3) is 22.0 Å². The Morgan fingerprint density at radius 2 is 1.91 bits per heavy atom. The summed E-state index contributed by atoms with van der Waals surface area (Å²) in [7, 11) is 0. The third kappa shape index (κ3) is 2.74. The molecule has 5 heteroatoms. The molecule has 4 aromatic rings. The Hall–Kier alpha value is -2.92. The fourth-order valence-corrected chi connectivity index (χ4v) is 3.16. The van der Waals surface area contributed by atoms with Crippen LogP contribution < -0.4 is 5.32 Å². The second-order valence-electron chi connectivity index (χ2n) is 5.14. The maximum absolute atomic E-state index is 12.0. The highest BCUT2D eigenvalue weighted by Crippen LogP contribution is 2.27. The van der Waals surface area contributed by atoms with Gasteiger partial charge in [-0.1, -0.05) is 36.4 Å². The molecule has 0 spiro atoms. The molecule has 4 rings (SSSR count). The maximum atomic E-state index is 12.0. The molecule has 2 heterocycles. The number of carbonyl (C=O) groups is 1. The average molecular weight is 319 g/mol. The van der Waals surface area contributed by atoms with Gasteiger partial charge in [-0.05, 0) is 29.0 Å². The predicted molar refractivity (Wildman–Crippen MR) is 93.8 cm³/mol. The van der Waals surface area contributed by atoms with Crippen LogP contribution in [0.1, 0.15) is 10.5 Å². The Balaban J connectivity index is 1.60. The van der Waals surface area contributed by atoms with Crippen molar-refractivity contribution in [3.63, 3.8) is 0 Å². The van der Waals surface area contributed by atoms with E-state index in [4.69, 9.17) is 0 Å². The first-order chi connectivity index (χ1) is 11.3. The normalized spacial score (nSPS) is 10.8. The van der Waals surface area contributed by atoms with E-state index >= 15 is 0 Å². The Bertz CT molecular complexity index is 973. The van der Waals surface area contributed by atoms with Crippen LogP contribution in [-0.2, 0) is 0 Å². The van der Waals surface area contributed by atoms with Crippen molar-refractivity contribution in [2.75, 3.05) is 5.32 Å². The molecule has 0 unspecified atom stereocenters. The van der Waals surface area contributed by atoms with Crippen molar-refractivity contribution in [3.05, 3.63) is 71.9 Å². The third-order valence-corrected chi connectivity index (χ3v) is 4.37. The lowest BCUT2D eigenvalue weighted by molar-refractivity contribution is 0.102. The van der Waals surface area contributed by atoms with E-state index < -0.39 is 0 Å². The van der Waals surface area contributed by atoms with E-state index in [0.717, 1.165) is 11.3 Å². The smallest absolute Gasteiger partial charge is 0.273 e. The standard InChI is InChI=1S/C18H13N3OS/c22-17(15-6-3-9-19-15)21-18-20-16(11-23-18)14-8-7-12-4-1-2-5-13(12)10-14/h1-11,19H,(H,20,21,22). The highest BCUT2D eigenvalue weighted by Gasteiger charge is 2.10. The van der Waals surface area contributed by atoms with Crippen molar-refractivity contribution in [1.29, 1.82) is 0 Å². The maximum Gasteiger partial charge on any atom is 0.273 e. The molecule has 2 aromatic carbocycles. The van der Waals surface area contributed by atoms with Gasteiger partial charge in [-0.3, -0.25) is 10.1 Å². The van der Waals surface area contributed by atoms with E-state index in [9.17, 15) is 4.79 Å². The molecule has 1 amide bonds. The number of fused-ring (bicyclic) bond motifs is 1. The summed E-state index contributed by atoms with van der Waals surface area (Å²) in [5, 5.41) is 7.73. The highest BCUT2D eigenvalue weighted by molar-refractivity contribution is 7.14. The van der Waals surface area contributed by atoms with Crippen molar-refractivity contribution in [2.24, 2.45) is 0 Å². The van der Waals surface area contributed by atoms with Gasteiger partial charge in [0.1, 0.15) is 5.69 Å². The lowest BCUT2D eigenvalue weighted by Crippen LogP contribution is -2.11. The van der Waals surface area contributed by atoms with E-state index in [2.05, 4.69) is 39.6 Å². The number of H-pyrrole nitrogens is 1. The van der Waals surface area contributed by atoms with Gasteiger partial charge in [0.15, 0.2) is 5.13 Å². The van der Waals surface area contributed by atoms with Crippen LogP contribution in [-0.4, -0.2) is 15.9 Å². The first-order valence-corrected chi connectivity index (χ1v) is 8.07. The van der Waals surface area contributed by atoms with Gasteiger partial charge in [0.05, 0.1) is 5.69 Å². The number of nitrogens with one attached hydrogen (secondary N) is 2. The molecule has 112 valence electrons. The van der Waals surface area contributed by atoms with Crippen molar-refractivity contribution < 1.29 is 4.79 Å². The summed E-state index contributed by atoms with van der Waals surface area (Å²) < 4.78 is 0. The summed E-state index contributed by atoms with van der Waals surface area (Å²) in [5.74, 6) is -0.186. The summed E-state index contributed by atoms with van der Waals surface area (Å²) in [4.78, 5) is 19.4. The van der Waals surface area contributed by atoms with Crippen LogP contribution in [0.2, 0.25) is 0 Å². The number of thiazole rings is 1. The minimum atomic E-state index is -0.186.